The Morgan fingerprint density at radius 2 is 1.95 bits per heavy atom. The first-order valence-electron chi connectivity index (χ1n) is 7.04. The SMILES string of the molecule is COCC(C)(NC(=O)CC(C)Cc1ccc(Cl)cc1)C(=O)O. The first kappa shape index (κ1) is 18.5. The standard InChI is InChI=1S/C16H22ClNO4/c1-11(8-12-4-6-13(17)7-5-12)9-14(19)18-16(2,10-22-3)15(20)21/h4-7,11H,8-10H2,1-3H3,(H,18,19)(H,20,21). The molecule has 0 radical (unpaired) electrons. The molecule has 0 saturated heterocycles. The lowest BCUT2D eigenvalue weighted by Gasteiger charge is -2.26. The monoisotopic (exact) mass is 327 g/mol. The van der Waals surface area contributed by atoms with Gasteiger partial charge in [0.05, 0.1) is 6.61 Å². The molecule has 2 N–H and O–H groups in total. The fourth-order valence-electron chi connectivity index (χ4n) is 2.21. The topological polar surface area (TPSA) is 75.6 Å². The van der Waals surface area contributed by atoms with Crippen LogP contribution in [0.25, 0.3) is 0 Å². The minimum atomic E-state index is -1.41. The van der Waals surface area contributed by atoms with Crippen molar-refractivity contribution in [2.45, 2.75) is 32.2 Å². The summed E-state index contributed by atoms with van der Waals surface area (Å²) in [5.74, 6) is -1.33. The molecule has 0 aromatic heterocycles. The van der Waals surface area contributed by atoms with E-state index in [0.29, 0.717) is 5.02 Å². The predicted octanol–water partition coefficient (Wildman–Crippen LogP) is 2.51. The summed E-state index contributed by atoms with van der Waals surface area (Å²) >= 11 is 5.83. The molecule has 0 saturated carbocycles. The molecular formula is C16H22ClNO4. The Bertz CT molecular complexity index is 517. The van der Waals surface area contributed by atoms with Crippen LogP contribution < -0.4 is 5.32 Å². The number of carboxylic acid groups (broad SMARTS) is 1. The summed E-state index contributed by atoms with van der Waals surface area (Å²) in [4.78, 5) is 23.3. The highest BCUT2D eigenvalue weighted by atomic mass is 35.5. The van der Waals surface area contributed by atoms with E-state index in [4.69, 9.17) is 16.3 Å². The molecule has 0 spiro atoms. The van der Waals surface area contributed by atoms with Crippen molar-refractivity contribution in [1.82, 2.24) is 5.32 Å². The van der Waals surface area contributed by atoms with Crippen molar-refractivity contribution >= 4 is 23.5 Å². The summed E-state index contributed by atoms with van der Waals surface area (Å²) in [6.45, 7) is 3.29. The zero-order valence-electron chi connectivity index (χ0n) is 13.1. The Morgan fingerprint density at radius 1 is 1.36 bits per heavy atom. The van der Waals surface area contributed by atoms with Crippen LogP contribution in [0.15, 0.2) is 24.3 Å². The maximum atomic E-state index is 12.0. The van der Waals surface area contributed by atoms with Crippen LogP contribution in [-0.2, 0) is 20.7 Å². The molecule has 1 amide bonds. The van der Waals surface area contributed by atoms with Crippen LogP contribution in [0.1, 0.15) is 25.8 Å². The summed E-state index contributed by atoms with van der Waals surface area (Å²) < 4.78 is 4.87. The number of aliphatic carboxylic acids is 1. The summed E-state index contributed by atoms with van der Waals surface area (Å²) in [6, 6.07) is 7.46. The third-order valence-corrected chi connectivity index (χ3v) is 3.60. The van der Waals surface area contributed by atoms with E-state index in [9.17, 15) is 14.7 Å². The van der Waals surface area contributed by atoms with Crippen LogP contribution in [0.4, 0.5) is 0 Å². The lowest BCUT2D eigenvalue weighted by Crippen LogP contribution is -2.55. The van der Waals surface area contributed by atoms with Gasteiger partial charge in [-0.15, -0.1) is 0 Å². The number of rotatable bonds is 8. The smallest absolute Gasteiger partial charge is 0.331 e. The lowest BCUT2D eigenvalue weighted by atomic mass is 9.96. The highest BCUT2D eigenvalue weighted by Gasteiger charge is 2.35. The number of hydrogen-bond donors (Lipinski definition) is 2. The maximum Gasteiger partial charge on any atom is 0.331 e. The summed E-state index contributed by atoms with van der Waals surface area (Å²) in [6.07, 6.45) is 0.966. The van der Waals surface area contributed by atoms with Gasteiger partial charge in [0.1, 0.15) is 0 Å². The first-order chi connectivity index (χ1) is 10.3. The van der Waals surface area contributed by atoms with E-state index < -0.39 is 11.5 Å². The second-order valence-corrected chi connectivity index (χ2v) is 6.19. The molecule has 2 unspecified atom stereocenters. The second kappa shape index (κ2) is 8.15. The lowest BCUT2D eigenvalue weighted by molar-refractivity contribution is -0.149. The molecule has 22 heavy (non-hydrogen) atoms. The van der Waals surface area contributed by atoms with Crippen LogP contribution in [0.2, 0.25) is 5.02 Å². The minimum absolute atomic E-state index is 0.0837. The fourth-order valence-corrected chi connectivity index (χ4v) is 2.34. The van der Waals surface area contributed by atoms with Crippen molar-refractivity contribution in [3.63, 3.8) is 0 Å². The van der Waals surface area contributed by atoms with E-state index in [1.807, 2.05) is 31.2 Å². The number of ether oxygens (including phenoxy) is 1. The van der Waals surface area contributed by atoms with Crippen LogP contribution >= 0.6 is 11.6 Å². The summed E-state index contributed by atoms with van der Waals surface area (Å²) in [5.41, 5.74) is -0.325. The molecule has 0 aliphatic rings. The molecule has 0 aliphatic carbocycles. The quantitative estimate of drug-likeness (QED) is 0.769. The normalized spacial score (nSPS) is 14.9. The van der Waals surface area contributed by atoms with Gasteiger partial charge in [-0.3, -0.25) is 4.79 Å². The molecule has 1 rings (SSSR count). The Morgan fingerprint density at radius 3 is 2.45 bits per heavy atom. The average Bonchev–Trinajstić information content (AvgIpc) is 2.41. The molecule has 0 bridgehead atoms. The van der Waals surface area contributed by atoms with Gasteiger partial charge < -0.3 is 15.2 Å². The van der Waals surface area contributed by atoms with Crippen molar-refractivity contribution in [3.8, 4) is 0 Å². The van der Waals surface area contributed by atoms with Gasteiger partial charge in [0, 0.05) is 18.6 Å². The Labute approximate surface area is 135 Å². The summed E-state index contributed by atoms with van der Waals surface area (Å²) in [7, 11) is 1.40. The van der Waals surface area contributed by atoms with Crippen molar-refractivity contribution < 1.29 is 19.4 Å². The molecule has 5 nitrogen and oxygen atoms in total. The van der Waals surface area contributed by atoms with Gasteiger partial charge in [0.15, 0.2) is 5.54 Å². The van der Waals surface area contributed by atoms with Crippen LogP contribution in [0.3, 0.4) is 0 Å². The van der Waals surface area contributed by atoms with Crippen LogP contribution in [-0.4, -0.2) is 36.2 Å². The van der Waals surface area contributed by atoms with E-state index in [0.717, 1.165) is 12.0 Å². The first-order valence-corrected chi connectivity index (χ1v) is 7.42. The predicted molar refractivity (Wildman–Crippen MR) is 85.0 cm³/mol. The van der Waals surface area contributed by atoms with Gasteiger partial charge >= 0.3 is 5.97 Å². The molecular weight excluding hydrogens is 306 g/mol. The number of benzene rings is 1. The molecule has 0 heterocycles. The van der Waals surface area contributed by atoms with E-state index in [2.05, 4.69) is 5.32 Å². The van der Waals surface area contributed by atoms with Gasteiger partial charge in [-0.2, -0.15) is 0 Å². The van der Waals surface area contributed by atoms with Crippen molar-refractivity contribution in [2.24, 2.45) is 5.92 Å². The van der Waals surface area contributed by atoms with Gasteiger partial charge in [0.25, 0.3) is 0 Å². The maximum absolute atomic E-state index is 12.0. The Kier molecular flexibility index (Phi) is 6.84. The number of nitrogens with one attached hydrogen (secondary N) is 1. The van der Waals surface area contributed by atoms with Crippen LogP contribution in [0, 0.1) is 5.92 Å². The minimum Gasteiger partial charge on any atom is -0.479 e. The van der Waals surface area contributed by atoms with Gasteiger partial charge in [-0.25, -0.2) is 4.79 Å². The number of methoxy groups -OCH3 is 1. The average molecular weight is 328 g/mol. The molecule has 1 aromatic rings. The molecule has 122 valence electrons. The van der Waals surface area contributed by atoms with E-state index in [-0.39, 0.29) is 24.9 Å². The second-order valence-electron chi connectivity index (χ2n) is 5.76. The van der Waals surface area contributed by atoms with Crippen molar-refractivity contribution in [2.75, 3.05) is 13.7 Å². The fraction of sp³-hybridized carbons (Fsp3) is 0.500. The van der Waals surface area contributed by atoms with Crippen LogP contribution in [0.5, 0.6) is 0 Å². The van der Waals surface area contributed by atoms with E-state index in [1.54, 1.807) is 0 Å². The largest absolute Gasteiger partial charge is 0.479 e. The molecule has 1 aromatic carbocycles. The number of carbonyl (C=O) groups excluding carboxylic acids is 1. The van der Waals surface area contributed by atoms with Gasteiger partial charge in [-0.05, 0) is 37.0 Å². The number of carboxylic acids is 1. The zero-order chi connectivity index (χ0) is 16.8. The van der Waals surface area contributed by atoms with Crippen molar-refractivity contribution in [1.29, 1.82) is 0 Å². The van der Waals surface area contributed by atoms with Gasteiger partial charge in [-0.1, -0.05) is 30.7 Å². The Balaban J connectivity index is 2.56. The molecule has 0 fully saturated rings. The third-order valence-electron chi connectivity index (χ3n) is 3.35. The van der Waals surface area contributed by atoms with E-state index in [1.165, 1.54) is 14.0 Å². The molecule has 2 atom stereocenters. The number of amides is 1. The highest BCUT2D eigenvalue weighted by molar-refractivity contribution is 6.30. The highest BCUT2D eigenvalue weighted by Crippen LogP contribution is 2.16. The third kappa shape index (κ3) is 5.66. The molecule has 6 heteroatoms. The number of halogens is 1. The van der Waals surface area contributed by atoms with E-state index >= 15 is 0 Å². The van der Waals surface area contributed by atoms with Gasteiger partial charge in [0.2, 0.25) is 5.91 Å². The summed E-state index contributed by atoms with van der Waals surface area (Å²) in [5, 5.41) is 12.4. The Hall–Kier alpha value is -1.59. The number of carbonyl (C=O) groups is 2. The van der Waals surface area contributed by atoms with Crippen molar-refractivity contribution in [3.05, 3.63) is 34.9 Å². The zero-order valence-corrected chi connectivity index (χ0v) is 13.8. The molecule has 0 aliphatic heterocycles. The number of hydrogen-bond acceptors (Lipinski definition) is 3.